The third-order valence-corrected chi connectivity index (χ3v) is 2.54. The van der Waals surface area contributed by atoms with Crippen molar-refractivity contribution in [2.75, 3.05) is 17.6 Å². The lowest BCUT2D eigenvalue weighted by Gasteiger charge is -2.07. The number of pyridine rings is 1. The number of carbonyl (C=O) groups excluding carboxylic acids is 1. The number of aromatic nitrogens is 4. The molecule has 0 saturated heterocycles. The third kappa shape index (κ3) is 3.41. The number of nitrogens with one attached hydrogen (secondary N) is 1. The summed E-state index contributed by atoms with van der Waals surface area (Å²) in [5.41, 5.74) is 11.4. The number of aryl methyl sites for hydroxylation is 1. The van der Waals surface area contributed by atoms with E-state index in [4.69, 9.17) is 11.5 Å². The molecule has 19 heavy (non-hydrogen) atoms. The van der Waals surface area contributed by atoms with E-state index in [1.807, 2.05) is 0 Å². The molecule has 5 N–H and O–H groups in total. The van der Waals surface area contributed by atoms with E-state index in [9.17, 15) is 4.79 Å². The van der Waals surface area contributed by atoms with E-state index in [1.165, 1.54) is 6.20 Å². The molecule has 0 aliphatic rings. The highest BCUT2D eigenvalue weighted by Gasteiger charge is 2.07. The van der Waals surface area contributed by atoms with E-state index in [1.54, 1.807) is 23.1 Å². The van der Waals surface area contributed by atoms with Gasteiger partial charge in [0.15, 0.2) is 0 Å². The summed E-state index contributed by atoms with van der Waals surface area (Å²) in [6.45, 7) is 1.44. The van der Waals surface area contributed by atoms with E-state index >= 15 is 0 Å². The zero-order valence-corrected chi connectivity index (χ0v) is 10.3. The van der Waals surface area contributed by atoms with Crippen LogP contribution in [0.1, 0.15) is 16.8 Å². The molecule has 2 rings (SSSR count). The fraction of sp³-hybridized carbons (Fsp3) is 0.273. The molecule has 0 unspecified atom stereocenters. The van der Waals surface area contributed by atoms with Gasteiger partial charge in [-0.2, -0.15) is 0 Å². The molecule has 8 heteroatoms. The van der Waals surface area contributed by atoms with Crippen LogP contribution in [0.2, 0.25) is 0 Å². The number of nitrogen functional groups attached to an aromatic ring is 1. The van der Waals surface area contributed by atoms with Gasteiger partial charge in [0.2, 0.25) is 0 Å². The first-order chi connectivity index (χ1) is 9.16. The molecule has 0 aliphatic carbocycles. The third-order valence-electron chi connectivity index (χ3n) is 2.54. The van der Waals surface area contributed by atoms with Crippen molar-refractivity contribution in [1.29, 1.82) is 0 Å². The van der Waals surface area contributed by atoms with Crippen LogP contribution >= 0.6 is 0 Å². The molecule has 0 radical (unpaired) electrons. The Morgan fingerprint density at radius 2 is 2.32 bits per heavy atom. The van der Waals surface area contributed by atoms with Gasteiger partial charge in [-0.05, 0) is 12.5 Å². The highest BCUT2D eigenvalue weighted by molar-refractivity contribution is 5.98. The number of nitrogens with two attached hydrogens (primary N) is 2. The molecule has 2 aromatic rings. The van der Waals surface area contributed by atoms with Crippen LogP contribution in [0.25, 0.3) is 0 Å². The largest absolute Gasteiger partial charge is 0.397 e. The molecule has 0 atom stereocenters. The number of hydrogen-bond donors (Lipinski definition) is 3. The SMILES string of the molecule is NC(=O)c1cc(NCCCn2ccnn2)ncc1N. The molecule has 2 heterocycles. The maximum absolute atomic E-state index is 11.1. The minimum absolute atomic E-state index is 0.272. The first-order valence-corrected chi connectivity index (χ1v) is 5.80. The Bertz CT molecular complexity index is 552. The van der Waals surface area contributed by atoms with Crippen molar-refractivity contribution in [3.05, 3.63) is 30.2 Å². The van der Waals surface area contributed by atoms with E-state index in [0.717, 1.165) is 13.0 Å². The number of nitrogens with zero attached hydrogens (tertiary/aromatic N) is 4. The van der Waals surface area contributed by atoms with Crippen molar-refractivity contribution in [3.8, 4) is 0 Å². The number of amides is 1. The molecule has 0 fully saturated rings. The van der Waals surface area contributed by atoms with Gasteiger partial charge in [0.05, 0.1) is 23.6 Å². The van der Waals surface area contributed by atoms with Crippen molar-refractivity contribution < 1.29 is 4.79 Å². The van der Waals surface area contributed by atoms with Crippen LogP contribution < -0.4 is 16.8 Å². The topological polar surface area (TPSA) is 125 Å². The normalized spacial score (nSPS) is 10.3. The van der Waals surface area contributed by atoms with Crippen LogP contribution in [-0.4, -0.2) is 32.4 Å². The number of anilines is 2. The lowest BCUT2D eigenvalue weighted by molar-refractivity contribution is 0.100. The maximum atomic E-state index is 11.1. The van der Waals surface area contributed by atoms with Crippen LogP contribution in [0.4, 0.5) is 11.5 Å². The van der Waals surface area contributed by atoms with Gasteiger partial charge in [0, 0.05) is 19.3 Å². The number of primary amides is 1. The summed E-state index contributed by atoms with van der Waals surface area (Å²) < 4.78 is 1.74. The fourth-order valence-electron chi connectivity index (χ4n) is 1.59. The Morgan fingerprint density at radius 1 is 1.47 bits per heavy atom. The van der Waals surface area contributed by atoms with Crippen LogP contribution in [0, 0.1) is 0 Å². The maximum Gasteiger partial charge on any atom is 0.250 e. The zero-order chi connectivity index (χ0) is 13.7. The average molecular weight is 261 g/mol. The second-order valence-electron chi connectivity index (χ2n) is 3.97. The monoisotopic (exact) mass is 261 g/mol. The predicted octanol–water partition coefficient (Wildman–Crippen LogP) is -0.144. The van der Waals surface area contributed by atoms with Gasteiger partial charge in [-0.25, -0.2) is 4.98 Å². The molecule has 0 saturated carbocycles. The molecular formula is C11H15N7O. The summed E-state index contributed by atoms with van der Waals surface area (Å²) in [6, 6.07) is 1.55. The molecule has 0 aliphatic heterocycles. The summed E-state index contributed by atoms with van der Waals surface area (Å²) in [7, 11) is 0. The lowest BCUT2D eigenvalue weighted by Crippen LogP contribution is -2.15. The minimum atomic E-state index is -0.564. The summed E-state index contributed by atoms with van der Waals surface area (Å²) in [4.78, 5) is 15.2. The number of hydrogen-bond acceptors (Lipinski definition) is 6. The van der Waals surface area contributed by atoms with E-state index in [0.29, 0.717) is 12.4 Å². The van der Waals surface area contributed by atoms with E-state index < -0.39 is 5.91 Å². The fourth-order valence-corrected chi connectivity index (χ4v) is 1.59. The van der Waals surface area contributed by atoms with Crippen molar-refractivity contribution >= 4 is 17.4 Å². The Kier molecular flexibility index (Phi) is 3.91. The zero-order valence-electron chi connectivity index (χ0n) is 10.3. The molecule has 0 aromatic carbocycles. The predicted molar refractivity (Wildman–Crippen MR) is 70.3 cm³/mol. The van der Waals surface area contributed by atoms with E-state index in [2.05, 4.69) is 20.6 Å². The standard InChI is InChI=1S/C11H15N7O/c12-9-7-15-10(6-8(9)11(13)19)14-2-1-4-18-5-3-16-17-18/h3,5-7H,1-2,4,12H2,(H2,13,19)(H,14,15). The molecule has 1 amide bonds. The Balaban J connectivity index is 1.86. The van der Waals surface area contributed by atoms with Crippen LogP contribution in [-0.2, 0) is 6.54 Å². The Morgan fingerprint density at radius 3 is 3.00 bits per heavy atom. The number of carbonyl (C=O) groups is 1. The van der Waals surface area contributed by atoms with Gasteiger partial charge in [-0.1, -0.05) is 5.21 Å². The molecule has 100 valence electrons. The van der Waals surface area contributed by atoms with E-state index in [-0.39, 0.29) is 11.3 Å². The van der Waals surface area contributed by atoms with Gasteiger partial charge in [0.1, 0.15) is 5.82 Å². The van der Waals surface area contributed by atoms with Gasteiger partial charge < -0.3 is 16.8 Å². The van der Waals surface area contributed by atoms with Crippen molar-refractivity contribution in [3.63, 3.8) is 0 Å². The Labute approximate surface area is 109 Å². The summed E-state index contributed by atoms with van der Waals surface area (Å²) in [5, 5.41) is 10.7. The second kappa shape index (κ2) is 5.80. The highest BCUT2D eigenvalue weighted by atomic mass is 16.1. The van der Waals surface area contributed by atoms with Gasteiger partial charge in [0.25, 0.3) is 5.91 Å². The van der Waals surface area contributed by atoms with Crippen LogP contribution in [0.5, 0.6) is 0 Å². The highest BCUT2D eigenvalue weighted by Crippen LogP contribution is 2.13. The summed E-state index contributed by atoms with van der Waals surface area (Å²) in [5.74, 6) is 0.00663. The van der Waals surface area contributed by atoms with Crippen molar-refractivity contribution in [2.45, 2.75) is 13.0 Å². The summed E-state index contributed by atoms with van der Waals surface area (Å²) >= 11 is 0. The molecular weight excluding hydrogens is 246 g/mol. The number of rotatable bonds is 6. The molecule has 2 aromatic heterocycles. The van der Waals surface area contributed by atoms with Gasteiger partial charge in [-0.15, -0.1) is 5.10 Å². The second-order valence-corrected chi connectivity index (χ2v) is 3.97. The van der Waals surface area contributed by atoms with Crippen LogP contribution in [0.3, 0.4) is 0 Å². The molecule has 0 bridgehead atoms. The van der Waals surface area contributed by atoms with Gasteiger partial charge in [-0.3, -0.25) is 9.48 Å². The first kappa shape index (κ1) is 12.8. The van der Waals surface area contributed by atoms with Crippen molar-refractivity contribution in [2.24, 2.45) is 5.73 Å². The lowest BCUT2D eigenvalue weighted by atomic mass is 10.2. The van der Waals surface area contributed by atoms with Gasteiger partial charge >= 0.3 is 0 Å². The average Bonchev–Trinajstić information content (AvgIpc) is 2.89. The van der Waals surface area contributed by atoms with Crippen molar-refractivity contribution in [1.82, 2.24) is 20.0 Å². The van der Waals surface area contributed by atoms with Crippen LogP contribution in [0.15, 0.2) is 24.7 Å². The summed E-state index contributed by atoms with van der Waals surface area (Å²) in [6.07, 6.45) is 5.70. The molecule has 8 nitrogen and oxygen atoms in total. The Hall–Kier alpha value is -2.64. The first-order valence-electron chi connectivity index (χ1n) is 5.80. The smallest absolute Gasteiger partial charge is 0.250 e. The minimum Gasteiger partial charge on any atom is -0.397 e. The quantitative estimate of drug-likeness (QED) is 0.621. The molecule has 0 spiro atoms.